The number of esters is 1. The zero-order valence-corrected chi connectivity index (χ0v) is 18.3. The summed E-state index contributed by atoms with van der Waals surface area (Å²) in [5.41, 5.74) is 8.15. The summed E-state index contributed by atoms with van der Waals surface area (Å²) in [6.45, 7) is 2.28. The molecule has 4 aromatic rings. The minimum absolute atomic E-state index is 0.196. The van der Waals surface area contributed by atoms with Gasteiger partial charge < -0.3 is 4.74 Å². The lowest BCUT2D eigenvalue weighted by molar-refractivity contribution is -0.146. The number of hydrogen-bond acceptors (Lipinski definition) is 2. The Kier molecular flexibility index (Phi) is 3.98. The first-order chi connectivity index (χ1) is 15.6. The van der Waals surface area contributed by atoms with Crippen molar-refractivity contribution in [2.24, 2.45) is 0 Å². The summed E-state index contributed by atoms with van der Waals surface area (Å²) < 4.78 is 5.54. The summed E-state index contributed by atoms with van der Waals surface area (Å²) >= 11 is 0. The maximum atomic E-state index is 13.8. The molecule has 0 heterocycles. The van der Waals surface area contributed by atoms with Crippen LogP contribution in [0.1, 0.15) is 35.6 Å². The van der Waals surface area contributed by atoms with E-state index in [1.807, 2.05) is 24.3 Å². The number of ether oxygens (including phenoxy) is 1. The molecular weight excluding hydrogens is 392 g/mol. The van der Waals surface area contributed by atoms with Crippen molar-refractivity contribution in [3.63, 3.8) is 0 Å². The van der Waals surface area contributed by atoms with E-state index in [2.05, 4.69) is 79.7 Å². The Labute approximate surface area is 188 Å². The maximum absolute atomic E-state index is 13.8. The lowest BCUT2D eigenvalue weighted by Crippen LogP contribution is -2.42. The number of carbonyl (C=O) groups excluding carboxylic acids is 1. The molecule has 0 aromatic heterocycles. The Hall–Kier alpha value is -3.65. The molecule has 156 valence electrons. The van der Waals surface area contributed by atoms with Gasteiger partial charge in [-0.1, -0.05) is 104 Å². The standard InChI is InChI=1S/C30H24O2/c1-29(24-15-7-3-11-20(24)21-12-4-8-16-25(21)29)19-30(28(31)32-2)26-17-9-5-13-22(26)23-14-6-10-18-27(23)30/h3-18H,19H2,1-2H3. The maximum Gasteiger partial charge on any atom is 0.320 e. The van der Waals surface area contributed by atoms with Gasteiger partial charge in [-0.05, 0) is 50.9 Å². The fourth-order valence-corrected chi connectivity index (χ4v) is 6.25. The van der Waals surface area contributed by atoms with Crippen LogP contribution >= 0.6 is 0 Å². The zero-order valence-electron chi connectivity index (χ0n) is 18.3. The fraction of sp³-hybridized carbons (Fsp3) is 0.167. The summed E-state index contributed by atoms with van der Waals surface area (Å²) in [6, 6.07) is 33.8. The SMILES string of the molecule is COC(=O)C1(CC2(C)c3ccccc3-c3ccccc32)c2ccccc2-c2ccccc21. The van der Waals surface area contributed by atoms with Crippen molar-refractivity contribution in [2.75, 3.05) is 7.11 Å². The van der Waals surface area contributed by atoms with E-state index in [0.29, 0.717) is 6.42 Å². The van der Waals surface area contributed by atoms with Crippen molar-refractivity contribution in [1.82, 2.24) is 0 Å². The molecule has 4 aromatic carbocycles. The van der Waals surface area contributed by atoms with E-state index in [9.17, 15) is 4.79 Å². The van der Waals surface area contributed by atoms with Gasteiger partial charge in [-0.15, -0.1) is 0 Å². The van der Waals surface area contributed by atoms with E-state index >= 15 is 0 Å². The highest BCUT2D eigenvalue weighted by Crippen LogP contribution is 2.59. The summed E-state index contributed by atoms with van der Waals surface area (Å²) in [4.78, 5) is 13.8. The van der Waals surface area contributed by atoms with E-state index in [1.54, 1.807) is 0 Å². The molecule has 0 spiro atoms. The van der Waals surface area contributed by atoms with Crippen molar-refractivity contribution < 1.29 is 9.53 Å². The van der Waals surface area contributed by atoms with Crippen molar-refractivity contribution in [1.29, 1.82) is 0 Å². The highest BCUT2D eigenvalue weighted by molar-refractivity contribution is 5.98. The van der Waals surface area contributed by atoms with Crippen molar-refractivity contribution in [2.45, 2.75) is 24.2 Å². The summed E-state index contributed by atoms with van der Waals surface area (Å²) in [5.74, 6) is -0.196. The minimum Gasteiger partial charge on any atom is -0.468 e. The van der Waals surface area contributed by atoms with Crippen LogP contribution < -0.4 is 0 Å². The Balaban J connectivity index is 1.66. The van der Waals surface area contributed by atoms with Gasteiger partial charge in [0.1, 0.15) is 5.41 Å². The Morgan fingerprint density at radius 3 is 1.38 bits per heavy atom. The van der Waals surface area contributed by atoms with Crippen LogP contribution in [0, 0.1) is 0 Å². The first kappa shape index (κ1) is 19.1. The van der Waals surface area contributed by atoms with Crippen molar-refractivity contribution >= 4 is 5.97 Å². The topological polar surface area (TPSA) is 26.3 Å². The number of fused-ring (bicyclic) bond motifs is 6. The van der Waals surface area contributed by atoms with Crippen LogP contribution in [0.15, 0.2) is 97.1 Å². The third-order valence-corrected chi connectivity index (χ3v) is 7.55. The quantitative estimate of drug-likeness (QED) is 0.356. The first-order valence-corrected chi connectivity index (χ1v) is 11.1. The minimum atomic E-state index is -0.874. The van der Waals surface area contributed by atoms with Gasteiger partial charge in [0.2, 0.25) is 0 Å². The van der Waals surface area contributed by atoms with Crippen molar-refractivity contribution in [3.8, 4) is 22.3 Å². The molecule has 6 rings (SSSR count). The number of carbonyl (C=O) groups is 1. The average molecular weight is 417 g/mol. The third-order valence-electron chi connectivity index (χ3n) is 7.55. The number of benzene rings is 4. The second-order valence-electron chi connectivity index (χ2n) is 9.09. The molecule has 2 aliphatic rings. The van der Waals surface area contributed by atoms with Crippen LogP contribution in [0.5, 0.6) is 0 Å². The van der Waals surface area contributed by atoms with Gasteiger partial charge in [-0.3, -0.25) is 4.79 Å². The monoisotopic (exact) mass is 416 g/mol. The normalized spacial score (nSPS) is 15.9. The van der Waals surface area contributed by atoms with Crippen LogP contribution in [0.4, 0.5) is 0 Å². The average Bonchev–Trinajstić information content (AvgIpc) is 3.28. The van der Waals surface area contributed by atoms with Gasteiger partial charge in [0.25, 0.3) is 0 Å². The van der Waals surface area contributed by atoms with Gasteiger partial charge in [0.05, 0.1) is 7.11 Å². The van der Waals surface area contributed by atoms with Gasteiger partial charge in [-0.2, -0.15) is 0 Å². The summed E-state index contributed by atoms with van der Waals surface area (Å²) in [5, 5.41) is 0. The summed E-state index contributed by atoms with van der Waals surface area (Å²) in [6.07, 6.45) is 0.606. The first-order valence-electron chi connectivity index (χ1n) is 11.1. The predicted octanol–water partition coefficient (Wildman–Crippen LogP) is 6.50. The molecule has 0 N–H and O–H groups in total. The molecule has 0 atom stereocenters. The number of hydrogen-bond donors (Lipinski definition) is 0. The van der Waals surface area contributed by atoms with E-state index in [4.69, 9.17) is 4.74 Å². The Morgan fingerprint density at radius 1 is 0.625 bits per heavy atom. The highest BCUT2D eigenvalue weighted by atomic mass is 16.5. The molecule has 0 aliphatic heterocycles. The molecular formula is C30H24O2. The highest BCUT2D eigenvalue weighted by Gasteiger charge is 2.55. The lowest BCUT2D eigenvalue weighted by Gasteiger charge is -2.38. The van der Waals surface area contributed by atoms with E-state index in [-0.39, 0.29) is 11.4 Å². The number of rotatable bonds is 3. The molecule has 32 heavy (non-hydrogen) atoms. The van der Waals surface area contributed by atoms with Crippen molar-refractivity contribution in [3.05, 3.63) is 119 Å². The summed E-state index contributed by atoms with van der Waals surface area (Å²) in [7, 11) is 1.51. The van der Waals surface area contributed by atoms with Crippen LogP contribution in [0.25, 0.3) is 22.3 Å². The molecule has 2 aliphatic carbocycles. The predicted molar refractivity (Wildman–Crippen MR) is 128 cm³/mol. The van der Waals surface area contributed by atoms with Crippen LogP contribution in [-0.4, -0.2) is 13.1 Å². The van der Waals surface area contributed by atoms with E-state index < -0.39 is 5.41 Å². The Bertz CT molecular complexity index is 1290. The van der Waals surface area contributed by atoms with E-state index in [0.717, 1.165) is 22.3 Å². The molecule has 0 fully saturated rings. The van der Waals surface area contributed by atoms with Crippen LogP contribution in [0.2, 0.25) is 0 Å². The molecule has 0 unspecified atom stereocenters. The molecule has 2 heteroatoms. The van der Waals surface area contributed by atoms with Gasteiger partial charge in [0, 0.05) is 5.41 Å². The molecule has 0 saturated carbocycles. The smallest absolute Gasteiger partial charge is 0.320 e. The van der Waals surface area contributed by atoms with Crippen LogP contribution in [-0.2, 0) is 20.4 Å². The van der Waals surface area contributed by atoms with Gasteiger partial charge in [0.15, 0.2) is 0 Å². The van der Waals surface area contributed by atoms with E-state index in [1.165, 1.54) is 29.4 Å². The third kappa shape index (κ3) is 2.27. The molecule has 0 saturated heterocycles. The fourth-order valence-electron chi connectivity index (χ4n) is 6.25. The lowest BCUT2D eigenvalue weighted by atomic mass is 9.63. The molecule has 0 amide bonds. The second kappa shape index (κ2) is 6.67. The van der Waals surface area contributed by atoms with Crippen LogP contribution in [0.3, 0.4) is 0 Å². The zero-order chi connectivity index (χ0) is 21.9. The molecule has 0 radical (unpaired) electrons. The van der Waals surface area contributed by atoms with Gasteiger partial charge >= 0.3 is 5.97 Å². The second-order valence-corrected chi connectivity index (χ2v) is 9.09. The molecule has 0 bridgehead atoms. The largest absolute Gasteiger partial charge is 0.468 e. The molecule has 2 nitrogen and oxygen atoms in total. The van der Waals surface area contributed by atoms with Gasteiger partial charge in [-0.25, -0.2) is 0 Å². The number of methoxy groups -OCH3 is 1. The Morgan fingerprint density at radius 2 is 0.969 bits per heavy atom.